The van der Waals surface area contributed by atoms with Gasteiger partial charge in [0.15, 0.2) is 0 Å². The van der Waals surface area contributed by atoms with Gasteiger partial charge in [0.1, 0.15) is 0 Å². The van der Waals surface area contributed by atoms with E-state index in [-0.39, 0.29) is 18.5 Å². The van der Waals surface area contributed by atoms with Crippen LogP contribution in [0.15, 0.2) is 24.3 Å². The molecule has 1 amide bonds. The van der Waals surface area contributed by atoms with Gasteiger partial charge in [-0.05, 0) is 57.8 Å². The summed E-state index contributed by atoms with van der Waals surface area (Å²) in [4.78, 5) is 24.6. The summed E-state index contributed by atoms with van der Waals surface area (Å²) in [5.74, 6) is -0.0417. The SMILES string of the molecule is CCCCCCCCCCCCCCC/C=C/C(O)C(CO)NC(=O)CCCCCCCCCCCCCCCCC/C=C\CCCCCCCCCCCCCCOC(=O)CCCCCCCCCCCCCCCCCC. The zero-order valence-electron chi connectivity index (χ0n) is 53.6. The van der Waals surface area contributed by atoms with E-state index in [2.05, 4.69) is 31.3 Å². The second-order valence-corrected chi connectivity index (χ2v) is 24.9. The maximum atomic E-state index is 12.5. The fourth-order valence-corrected chi connectivity index (χ4v) is 11.5. The lowest BCUT2D eigenvalue weighted by Gasteiger charge is -2.20. The number of amides is 1. The Labute approximate surface area is 494 Å². The Hall–Kier alpha value is -1.66. The van der Waals surface area contributed by atoms with Crippen molar-refractivity contribution >= 4 is 11.9 Å². The van der Waals surface area contributed by atoms with Crippen LogP contribution in [0.25, 0.3) is 0 Å². The number of esters is 1. The molecule has 0 aromatic rings. The Morgan fingerprint density at radius 2 is 0.595 bits per heavy atom. The van der Waals surface area contributed by atoms with E-state index in [1.165, 1.54) is 340 Å². The second kappa shape index (κ2) is 68.8. The number of unbranched alkanes of at least 4 members (excludes halogenated alkanes) is 55. The Morgan fingerprint density at radius 3 is 0.899 bits per heavy atom. The molecular weight excluding hydrogens is 971 g/mol. The van der Waals surface area contributed by atoms with Gasteiger partial charge in [0, 0.05) is 12.8 Å². The normalized spacial score (nSPS) is 12.6. The van der Waals surface area contributed by atoms with Crippen LogP contribution < -0.4 is 5.32 Å². The van der Waals surface area contributed by atoms with Crippen LogP contribution in [-0.4, -0.2) is 47.4 Å². The van der Waals surface area contributed by atoms with Gasteiger partial charge in [0.2, 0.25) is 5.91 Å². The first-order valence-electron chi connectivity index (χ1n) is 36.1. The highest BCUT2D eigenvalue weighted by molar-refractivity contribution is 5.76. The van der Waals surface area contributed by atoms with Crippen LogP contribution in [0, 0.1) is 0 Å². The van der Waals surface area contributed by atoms with Crippen LogP contribution in [0.3, 0.4) is 0 Å². The van der Waals surface area contributed by atoms with Crippen molar-refractivity contribution in [1.29, 1.82) is 0 Å². The molecule has 0 fully saturated rings. The van der Waals surface area contributed by atoms with Crippen molar-refractivity contribution in [3.05, 3.63) is 24.3 Å². The Morgan fingerprint density at radius 1 is 0.342 bits per heavy atom. The van der Waals surface area contributed by atoms with Crippen LogP contribution in [0.1, 0.15) is 406 Å². The average Bonchev–Trinajstić information content (AvgIpc) is 3.45. The Bertz CT molecular complexity index is 1230. The van der Waals surface area contributed by atoms with Gasteiger partial charge in [-0.25, -0.2) is 0 Å². The van der Waals surface area contributed by atoms with E-state index in [1.54, 1.807) is 6.08 Å². The molecule has 0 aromatic carbocycles. The number of allylic oxidation sites excluding steroid dienone is 3. The summed E-state index contributed by atoms with van der Waals surface area (Å²) in [5, 5.41) is 23.2. The lowest BCUT2D eigenvalue weighted by Crippen LogP contribution is -2.45. The molecule has 0 saturated carbocycles. The van der Waals surface area contributed by atoms with Gasteiger partial charge in [-0.1, -0.05) is 359 Å². The summed E-state index contributed by atoms with van der Waals surface area (Å²) in [6, 6.07) is -0.626. The largest absolute Gasteiger partial charge is 0.466 e. The van der Waals surface area contributed by atoms with Crippen molar-refractivity contribution in [3.8, 4) is 0 Å². The molecule has 2 unspecified atom stereocenters. The van der Waals surface area contributed by atoms with Crippen molar-refractivity contribution in [3.63, 3.8) is 0 Å². The van der Waals surface area contributed by atoms with E-state index in [1.807, 2.05) is 6.08 Å². The fourth-order valence-electron chi connectivity index (χ4n) is 11.5. The molecule has 79 heavy (non-hydrogen) atoms. The predicted octanol–water partition coefficient (Wildman–Crippen LogP) is 23.3. The van der Waals surface area contributed by atoms with Gasteiger partial charge in [0.25, 0.3) is 0 Å². The minimum absolute atomic E-state index is 0.0216. The van der Waals surface area contributed by atoms with Gasteiger partial charge in [-0.2, -0.15) is 0 Å². The quantitative estimate of drug-likeness (QED) is 0.0320. The standard InChI is InChI=1S/C73H141NO5/c1-3-5-7-9-11-13-15-17-19-39-43-47-51-55-59-63-67-73(78)79-68-64-60-56-52-48-44-40-36-34-32-30-28-26-24-22-20-21-23-25-27-29-31-33-35-38-42-46-50-54-58-62-66-72(77)74-70(69-75)71(76)65-61-57-53-49-45-41-37-18-16-14-12-10-8-6-4-2/h22,24,61,65,70-71,75-76H,3-21,23,25-60,62-64,66-69H2,1-2H3,(H,74,77)/b24-22-,65-61+. The van der Waals surface area contributed by atoms with Gasteiger partial charge in [-0.3, -0.25) is 9.59 Å². The van der Waals surface area contributed by atoms with Gasteiger partial charge < -0.3 is 20.3 Å². The van der Waals surface area contributed by atoms with Gasteiger partial charge >= 0.3 is 5.97 Å². The molecule has 0 aliphatic heterocycles. The first-order chi connectivity index (χ1) is 39.0. The third kappa shape index (κ3) is 65.4. The summed E-state index contributed by atoms with van der Waals surface area (Å²) < 4.78 is 5.50. The van der Waals surface area contributed by atoms with Crippen molar-refractivity contribution < 1.29 is 24.5 Å². The maximum Gasteiger partial charge on any atom is 0.305 e. The Balaban J connectivity index is 3.35. The minimum atomic E-state index is -0.842. The molecule has 3 N–H and O–H groups in total. The molecule has 0 saturated heterocycles. The fraction of sp³-hybridized carbons (Fsp3) is 0.918. The van der Waals surface area contributed by atoms with Crippen molar-refractivity contribution in [2.45, 2.75) is 418 Å². The number of carbonyl (C=O) groups is 2. The van der Waals surface area contributed by atoms with Crippen LogP contribution >= 0.6 is 0 Å². The highest BCUT2D eigenvalue weighted by atomic mass is 16.5. The van der Waals surface area contributed by atoms with Crippen molar-refractivity contribution in [2.24, 2.45) is 0 Å². The third-order valence-corrected chi connectivity index (χ3v) is 17.0. The number of ether oxygens (including phenoxy) is 1. The molecule has 0 bridgehead atoms. The van der Waals surface area contributed by atoms with E-state index in [9.17, 15) is 19.8 Å². The molecule has 6 nitrogen and oxygen atoms in total. The number of aliphatic hydroxyl groups excluding tert-OH is 2. The molecule has 0 heterocycles. The summed E-state index contributed by atoms with van der Waals surface area (Å²) in [5.41, 5.74) is 0. The number of rotatable bonds is 68. The maximum absolute atomic E-state index is 12.5. The zero-order chi connectivity index (χ0) is 57.1. The molecule has 0 spiro atoms. The second-order valence-electron chi connectivity index (χ2n) is 24.9. The molecule has 2 atom stereocenters. The lowest BCUT2D eigenvalue weighted by molar-refractivity contribution is -0.143. The van der Waals surface area contributed by atoms with E-state index < -0.39 is 12.1 Å². The molecule has 0 aliphatic rings. The zero-order valence-corrected chi connectivity index (χ0v) is 53.6. The summed E-state index contributed by atoms with van der Waals surface area (Å²) in [6.07, 6.45) is 87.0. The van der Waals surface area contributed by atoms with E-state index in [0.717, 1.165) is 38.5 Å². The molecule has 468 valence electrons. The van der Waals surface area contributed by atoms with Gasteiger partial charge in [-0.15, -0.1) is 0 Å². The molecule has 0 radical (unpaired) electrons. The van der Waals surface area contributed by atoms with Crippen LogP contribution in [0.5, 0.6) is 0 Å². The Kier molecular flexibility index (Phi) is 67.4. The molecular formula is C73H141NO5. The van der Waals surface area contributed by atoms with Gasteiger partial charge in [0.05, 0.1) is 25.4 Å². The monoisotopic (exact) mass is 1110 g/mol. The molecule has 6 heteroatoms. The third-order valence-electron chi connectivity index (χ3n) is 17.0. The number of hydrogen-bond acceptors (Lipinski definition) is 5. The summed E-state index contributed by atoms with van der Waals surface area (Å²) in [7, 11) is 0. The predicted molar refractivity (Wildman–Crippen MR) is 347 cm³/mol. The molecule has 0 aliphatic carbocycles. The number of carbonyl (C=O) groups excluding carboxylic acids is 2. The number of nitrogens with one attached hydrogen (secondary N) is 1. The molecule has 0 aromatic heterocycles. The number of hydrogen-bond donors (Lipinski definition) is 3. The lowest BCUT2D eigenvalue weighted by atomic mass is 10.0. The minimum Gasteiger partial charge on any atom is -0.466 e. The first kappa shape index (κ1) is 77.3. The number of aliphatic hydroxyl groups is 2. The highest BCUT2D eigenvalue weighted by Gasteiger charge is 2.18. The van der Waals surface area contributed by atoms with E-state index in [4.69, 9.17) is 4.74 Å². The van der Waals surface area contributed by atoms with Crippen LogP contribution in [-0.2, 0) is 14.3 Å². The summed E-state index contributed by atoms with van der Waals surface area (Å²) in [6.45, 7) is 4.94. The van der Waals surface area contributed by atoms with Crippen molar-refractivity contribution in [1.82, 2.24) is 5.32 Å². The topological polar surface area (TPSA) is 95.9 Å². The summed E-state index contributed by atoms with van der Waals surface area (Å²) >= 11 is 0. The smallest absolute Gasteiger partial charge is 0.305 e. The van der Waals surface area contributed by atoms with Crippen molar-refractivity contribution in [2.75, 3.05) is 13.2 Å². The van der Waals surface area contributed by atoms with E-state index in [0.29, 0.717) is 19.4 Å². The van der Waals surface area contributed by atoms with E-state index >= 15 is 0 Å². The molecule has 0 rings (SSSR count). The highest BCUT2D eigenvalue weighted by Crippen LogP contribution is 2.19. The first-order valence-corrected chi connectivity index (χ1v) is 36.1. The van der Waals surface area contributed by atoms with Crippen LogP contribution in [0.2, 0.25) is 0 Å². The average molecular weight is 1110 g/mol. The van der Waals surface area contributed by atoms with Crippen LogP contribution in [0.4, 0.5) is 0 Å².